The number of hydrogen-bond donors (Lipinski definition) is 1. The topological polar surface area (TPSA) is 56.0 Å². The molecule has 2 heterocycles. The van der Waals surface area contributed by atoms with E-state index in [0.29, 0.717) is 11.4 Å². The molecule has 1 aliphatic rings. The van der Waals surface area contributed by atoms with Crippen LogP contribution in [-0.4, -0.2) is 9.19 Å². The minimum absolute atomic E-state index is 0.498. The van der Waals surface area contributed by atoms with Gasteiger partial charge in [0.2, 0.25) is 0 Å². The van der Waals surface area contributed by atoms with Crippen LogP contribution in [0.25, 0.3) is 10.2 Å². The van der Waals surface area contributed by atoms with E-state index in [4.69, 9.17) is 10.7 Å². The number of benzene rings is 1. The Hall–Kier alpha value is -1.72. The smallest absolute Gasteiger partial charge is 0.126 e. The summed E-state index contributed by atoms with van der Waals surface area (Å²) in [7, 11) is -1.13. The van der Waals surface area contributed by atoms with Gasteiger partial charge in [-0.2, -0.15) is 0 Å². The molecular weight excluding hydrogens is 324 g/mol. The molecule has 2 aromatic heterocycles. The van der Waals surface area contributed by atoms with Gasteiger partial charge in [-0.05, 0) is 42.9 Å². The number of nitrogens with two attached hydrogens (primary N) is 1. The minimum Gasteiger partial charge on any atom is -0.397 e. The molecule has 0 bridgehead atoms. The highest BCUT2D eigenvalue weighted by Crippen LogP contribution is 2.37. The lowest BCUT2D eigenvalue weighted by Crippen LogP contribution is -2.04. The Morgan fingerprint density at radius 3 is 2.78 bits per heavy atom. The second-order valence-electron chi connectivity index (χ2n) is 5.93. The van der Waals surface area contributed by atoms with E-state index in [0.717, 1.165) is 32.8 Å². The zero-order valence-electron chi connectivity index (χ0n) is 12.7. The number of aromatic nitrogens is 1. The molecule has 1 atom stereocenters. The molecule has 0 radical (unpaired) electrons. The molecule has 23 heavy (non-hydrogen) atoms. The van der Waals surface area contributed by atoms with Gasteiger partial charge < -0.3 is 5.73 Å². The molecule has 0 spiro atoms. The van der Waals surface area contributed by atoms with E-state index < -0.39 is 10.8 Å². The normalized spacial score (nSPS) is 15.5. The number of anilines is 1. The number of pyridine rings is 1. The first-order valence-corrected chi connectivity index (χ1v) is 9.99. The maximum atomic E-state index is 12.7. The standard InChI is InChI=1S/C18H18N2OS2/c19-16-14-10-13-8-4-5-9-15(13)20-17(14)22-18(16)23(21)11-12-6-2-1-3-7-12/h1-3,6-7,10H,4-5,8-9,11,19H2/t23-/m0/s1. The lowest BCUT2D eigenvalue weighted by atomic mass is 9.95. The van der Waals surface area contributed by atoms with Crippen molar-refractivity contribution in [3.8, 4) is 0 Å². The van der Waals surface area contributed by atoms with Crippen molar-refractivity contribution in [3.63, 3.8) is 0 Å². The van der Waals surface area contributed by atoms with Crippen LogP contribution < -0.4 is 5.73 Å². The number of rotatable bonds is 3. The molecule has 1 aliphatic carbocycles. The predicted molar refractivity (Wildman–Crippen MR) is 97.2 cm³/mol. The van der Waals surface area contributed by atoms with E-state index in [2.05, 4.69) is 6.07 Å². The summed E-state index contributed by atoms with van der Waals surface area (Å²) >= 11 is 1.49. The van der Waals surface area contributed by atoms with Crippen molar-refractivity contribution in [2.75, 3.05) is 5.73 Å². The van der Waals surface area contributed by atoms with Crippen molar-refractivity contribution >= 4 is 38.0 Å². The highest BCUT2D eigenvalue weighted by atomic mass is 32.2. The van der Waals surface area contributed by atoms with Crippen molar-refractivity contribution < 1.29 is 4.21 Å². The highest BCUT2D eigenvalue weighted by molar-refractivity contribution is 7.87. The van der Waals surface area contributed by atoms with Gasteiger partial charge in [0, 0.05) is 11.1 Å². The summed E-state index contributed by atoms with van der Waals surface area (Å²) in [6, 6.07) is 12.1. The fourth-order valence-electron chi connectivity index (χ4n) is 3.10. The number of nitrogen functional groups attached to an aromatic ring is 1. The van der Waals surface area contributed by atoms with E-state index >= 15 is 0 Å². The van der Waals surface area contributed by atoms with Crippen LogP contribution >= 0.6 is 11.3 Å². The number of fused-ring (bicyclic) bond motifs is 2. The van der Waals surface area contributed by atoms with Gasteiger partial charge in [0.1, 0.15) is 9.04 Å². The zero-order chi connectivity index (χ0) is 15.8. The van der Waals surface area contributed by atoms with Gasteiger partial charge in [0.15, 0.2) is 0 Å². The van der Waals surface area contributed by atoms with E-state index in [1.807, 2.05) is 30.3 Å². The fraction of sp³-hybridized carbons (Fsp3) is 0.278. The summed E-state index contributed by atoms with van der Waals surface area (Å²) in [6.45, 7) is 0. The van der Waals surface area contributed by atoms with Crippen LogP contribution in [0, 0.1) is 0 Å². The third-order valence-corrected chi connectivity index (χ3v) is 7.26. The van der Waals surface area contributed by atoms with Crippen LogP contribution in [0.1, 0.15) is 29.7 Å². The summed E-state index contributed by atoms with van der Waals surface area (Å²) in [5.41, 5.74) is 10.5. The van der Waals surface area contributed by atoms with Crippen molar-refractivity contribution in [2.24, 2.45) is 0 Å². The van der Waals surface area contributed by atoms with Crippen molar-refractivity contribution in [1.82, 2.24) is 4.98 Å². The van der Waals surface area contributed by atoms with Gasteiger partial charge in [-0.3, -0.25) is 4.21 Å². The molecule has 2 N–H and O–H groups in total. The largest absolute Gasteiger partial charge is 0.397 e. The Balaban J connectivity index is 1.72. The van der Waals surface area contributed by atoms with E-state index in [1.165, 1.54) is 35.4 Å². The Morgan fingerprint density at radius 2 is 1.96 bits per heavy atom. The Kier molecular flexibility index (Phi) is 3.91. The molecule has 0 unspecified atom stereocenters. The highest BCUT2D eigenvalue weighted by Gasteiger charge is 2.19. The maximum Gasteiger partial charge on any atom is 0.126 e. The molecule has 0 amide bonds. The third kappa shape index (κ3) is 2.79. The molecular formula is C18H18N2OS2. The van der Waals surface area contributed by atoms with E-state index in [-0.39, 0.29) is 0 Å². The van der Waals surface area contributed by atoms with Crippen LogP contribution in [0.15, 0.2) is 40.6 Å². The molecule has 0 aliphatic heterocycles. The molecule has 1 aromatic carbocycles. The average Bonchev–Trinajstić information content (AvgIpc) is 2.90. The predicted octanol–water partition coefficient (Wildman–Crippen LogP) is 4.07. The van der Waals surface area contributed by atoms with Crippen LogP contribution in [0.5, 0.6) is 0 Å². The van der Waals surface area contributed by atoms with Crippen LogP contribution in [-0.2, 0) is 29.4 Å². The maximum absolute atomic E-state index is 12.7. The van der Waals surface area contributed by atoms with Gasteiger partial charge >= 0.3 is 0 Å². The second-order valence-corrected chi connectivity index (χ2v) is 8.58. The summed E-state index contributed by atoms with van der Waals surface area (Å²) in [5, 5.41) is 0.979. The minimum atomic E-state index is -1.13. The Morgan fingerprint density at radius 1 is 1.17 bits per heavy atom. The summed E-state index contributed by atoms with van der Waals surface area (Å²) in [5.74, 6) is 0.498. The van der Waals surface area contributed by atoms with Gasteiger partial charge in [-0.1, -0.05) is 30.3 Å². The molecule has 5 heteroatoms. The number of thiophene rings is 1. The SMILES string of the molecule is Nc1c([S@@](=O)Cc2ccccc2)sc2nc3c(cc12)CCCC3. The van der Waals surface area contributed by atoms with Crippen molar-refractivity contribution in [3.05, 3.63) is 53.2 Å². The van der Waals surface area contributed by atoms with E-state index in [1.54, 1.807) is 0 Å². The molecule has 0 saturated carbocycles. The van der Waals surface area contributed by atoms with Crippen LogP contribution in [0.3, 0.4) is 0 Å². The first-order valence-electron chi connectivity index (χ1n) is 7.85. The van der Waals surface area contributed by atoms with Crippen molar-refractivity contribution in [2.45, 2.75) is 35.6 Å². The molecule has 0 saturated heterocycles. The first-order chi connectivity index (χ1) is 11.2. The summed E-state index contributed by atoms with van der Waals surface area (Å²) in [4.78, 5) is 5.72. The van der Waals surface area contributed by atoms with Crippen LogP contribution in [0.2, 0.25) is 0 Å². The van der Waals surface area contributed by atoms with Gasteiger partial charge in [-0.25, -0.2) is 4.98 Å². The fourth-order valence-corrected chi connectivity index (χ4v) is 5.70. The lowest BCUT2D eigenvalue weighted by Gasteiger charge is -2.14. The first kappa shape index (κ1) is 14.8. The zero-order valence-corrected chi connectivity index (χ0v) is 14.4. The summed E-state index contributed by atoms with van der Waals surface area (Å²) in [6.07, 6.45) is 4.55. The molecule has 3 aromatic rings. The van der Waals surface area contributed by atoms with Crippen LogP contribution in [0.4, 0.5) is 5.69 Å². The average molecular weight is 342 g/mol. The molecule has 3 nitrogen and oxygen atoms in total. The van der Waals surface area contributed by atoms with Gasteiger partial charge in [-0.15, -0.1) is 11.3 Å². The monoisotopic (exact) mass is 342 g/mol. The summed E-state index contributed by atoms with van der Waals surface area (Å²) < 4.78 is 13.5. The molecule has 4 rings (SSSR count). The quantitative estimate of drug-likeness (QED) is 0.781. The third-order valence-electron chi connectivity index (χ3n) is 4.31. The Bertz CT molecular complexity index is 887. The molecule has 118 valence electrons. The van der Waals surface area contributed by atoms with Gasteiger partial charge in [0.25, 0.3) is 0 Å². The molecule has 0 fully saturated rings. The Labute approximate surface area is 142 Å². The van der Waals surface area contributed by atoms with Crippen molar-refractivity contribution in [1.29, 1.82) is 0 Å². The number of hydrogen-bond acceptors (Lipinski definition) is 4. The second kappa shape index (κ2) is 6.06. The van der Waals surface area contributed by atoms with Gasteiger partial charge in [0.05, 0.1) is 22.2 Å². The number of aryl methyl sites for hydroxylation is 2. The van der Waals surface area contributed by atoms with E-state index in [9.17, 15) is 4.21 Å². The number of nitrogens with zero attached hydrogens (tertiary/aromatic N) is 1. The lowest BCUT2D eigenvalue weighted by molar-refractivity contribution is 0.672.